The van der Waals surface area contributed by atoms with E-state index in [1.54, 1.807) is 12.1 Å². The fourth-order valence-electron chi connectivity index (χ4n) is 3.52. The monoisotopic (exact) mass is 443 g/mol. The van der Waals surface area contributed by atoms with Gasteiger partial charge in [-0.2, -0.15) is 13.2 Å². The van der Waals surface area contributed by atoms with Gasteiger partial charge in [0, 0.05) is 12.1 Å². The van der Waals surface area contributed by atoms with Crippen molar-refractivity contribution in [1.29, 1.82) is 0 Å². The number of halogens is 3. The van der Waals surface area contributed by atoms with Crippen LogP contribution in [0, 0.1) is 0 Å². The molecule has 0 atom stereocenters. The molecule has 2 N–H and O–H groups in total. The zero-order valence-electron chi connectivity index (χ0n) is 18.1. The standard InChI is InChI=1S/C26H28F3NO2/c1-2-20(14-19(15-30)16-32-23-17-31-18-23)24-10-5-3-4-8-21(24)12-13-22-9-6-7-11-25(22)26(27,28)29/h2-7,9-11,14,23H,12-13,15-18,30H2,1H3/b19-14+,20-2-. The smallest absolute Gasteiger partial charge is 0.376 e. The van der Waals surface area contributed by atoms with Crippen LogP contribution >= 0.6 is 0 Å². The number of allylic oxidation sites excluding steroid dienone is 8. The zero-order chi connectivity index (χ0) is 23.0. The Labute approximate surface area is 187 Å². The predicted molar refractivity (Wildman–Crippen MR) is 120 cm³/mol. The molecule has 0 aromatic heterocycles. The number of alkyl halides is 3. The molecule has 1 aromatic carbocycles. The van der Waals surface area contributed by atoms with Crippen molar-refractivity contribution in [2.24, 2.45) is 5.73 Å². The summed E-state index contributed by atoms with van der Waals surface area (Å²) in [5.74, 6) is 0. The van der Waals surface area contributed by atoms with Gasteiger partial charge in [0.15, 0.2) is 0 Å². The lowest BCUT2D eigenvalue weighted by Gasteiger charge is -2.26. The molecular formula is C26H28F3NO2. The first-order valence-corrected chi connectivity index (χ1v) is 10.7. The maximum absolute atomic E-state index is 13.4. The van der Waals surface area contributed by atoms with Crippen LogP contribution in [0.3, 0.4) is 0 Å². The van der Waals surface area contributed by atoms with Crippen LogP contribution in [0.15, 0.2) is 88.7 Å². The molecule has 1 aromatic rings. The van der Waals surface area contributed by atoms with Crippen LogP contribution in [-0.4, -0.2) is 32.5 Å². The van der Waals surface area contributed by atoms with Crippen LogP contribution in [-0.2, 0) is 22.1 Å². The topological polar surface area (TPSA) is 44.5 Å². The second kappa shape index (κ2) is 11.3. The Kier molecular flexibility index (Phi) is 8.48. The van der Waals surface area contributed by atoms with E-state index in [1.165, 1.54) is 12.1 Å². The Balaban J connectivity index is 1.79. The third-order valence-corrected chi connectivity index (χ3v) is 5.38. The minimum Gasteiger partial charge on any atom is -0.376 e. The minimum atomic E-state index is -4.37. The SMILES string of the molecule is C/C=C(/C=C(\CN)COC1COC1)C1=CC=CC=C=C1CCc1ccccc1C(F)(F)F. The highest BCUT2D eigenvalue weighted by Crippen LogP contribution is 2.34. The van der Waals surface area contributed by atoms with Crippen LogP contribution in [0.5, 0.6) is 0 Å². The molecule has 1 aliphatic heterocycles. The van der Waals surface area contributed by atoms with Gasteiger partial charge in [-0.05, 0) is 54.2 Å². The molecule has 1 heterocycles. The van der Waals surface area contributed by atoms with Crippen molar-refractivity contribution in [3.05, 3.63) is 99.9 Å². The first-order valence-electron chi connectivity index (χ1n) is 10.7. The predicted octanol–water partition coefficient (Wildman–Crippen LogP) is 5.46. The van der Waals surface area contributed by atoms with E-state index in [0.717, 1.165) is 28.4 Å². The molecule has 0 bridgehead atoms. The van der Waals surface area contributed by atoms with Crippen LogP contribution in [0.4, 0.5) is 13.2 Å². The summed E-state index contributed by atoms with van der Waals surface area (Å²) in [6, 6.07) is 5.73. The molecule has 0 amide bonds. The van der Waals surface area contributed by atoms with E-state index in [4.69, 9.17) is 15.2 Å². The van der Waals surface area contributed by atoms with Gasteiger partial charge in [-0.3, -0.25) is 0 Å². The number of rotatable bonds is 9. The average Bonchev–Trinajstić information content (AvgIpc) is 2.98. The van der Waals surface area contributed by atoms with Crippen molar-refractivity contribution in [2.45, 2.75) is 32.0 Å². The number of nitrogens with two attached hydrogens (primary N) is 1. The zero-order valence-corrected chi connectivity index (χ0v) is 18.1. The Morgan fingerprint density at radius 1 is 1.22 bits per heavy atom. The van der Waals surface area contributed by atoms with Crippen LogP contribution in [0.25, 0.3) is 0 Å². The van der Waals surface area contributed by atoms with E-state index in [0.29, 0.717) is 32.8 Å². The van der Waals surface area contributed by atoms with Gasteiger partial charge in [-0.25, -0.2) is 0 Å². The molecule has 32 heavy (non-hydrogen) atoms. The van der Waals surface area contributed by atoms with Gasteiger partial charge in [-0.1, -0.05) is 48.6 Å². The number of hydrogen-bond acceptors (Lipinski definition) is 3. The maximum Gasteiger partial charge on any atom is 0.416 e. The lowest BCUT2D eigenvalue weighted by Crippen LogP contribution is -2.36. The molecule has 3 rings (SSSR count). The van der Waals surface area contributed by atoms with Gasteiger partial charge in [-0.15, -0.1) is 5.73 Å². The molecule has 1 fully saturated rings. The summed E-state index contributed by atoms with van der Waals surface area (Å²) in [5, 5.41) is 0. The first-order chi connectivity index (χ1) is 15.4. The summed E-state index contributed by atoms with van der Waals surface area (Å²) in [7, 11) is 0. The quantitative estimate of drug-likeness (QED) is 0.407. The van der Waals surface area contributed by atoms with Crippen molar-refractivity contribution in [3.63, 3.8) is 0 Å². The van der Waals surface area contributed by atoms with Gasteiger partial charge in [0.05, 0.1) is 25.4 Å². The lowest BCUT2D eigenvalue weighted by molar-refractivity contribution is -0.138. The summed E-state index contributed by atoms with van der Waals surface area (Å²) in [4.78, 5) is 0. The van der Waals surface area contributed by atoms with E-state index in [1.807, 2.05) is 37.3 Å². The van der Waals surface area contributed by atoms with Crippen molar-refractivity contribution >= 4 is 0 Å². The highest BCUT2D eigenvalue weighted by Gasteiger charge is 2.32. The van der Waals surface area contributed by atoms with E-state index in [9.17, 15) is 13.2 Å². The van der Waals surface area contributed by atoms with E-state index in [-0.39, 0.29) is 18.1 Å². The number of hydrogen-bond donors (Lipinski definition) is 1. The van der Waals surface area contributed by atoms with Crippen molar-refractivity contribution < 1.29 is 22.6 Å². The van der Waals surface area contributed by atoms with Crippen LogP contribution in [0.1, 0.15) is 24.5 Å². The molecule has 2 aliphatic rings. The molecule has 170 valence electrons. The fourth-order valence-corrected chi connectivity index (χ4v) is 3.52. The summed E-state index contributed by atoms with van der Waals surface area (Å²) in [6.07, 6.45) is 7.90. The molecule has 6 heteroatoms. The Bertz CT molecular complexity index is 989. The van der Waals surface area contributed by atoms with Gasteiger partial charge in [0.2, 0.25) is 0 Å². The normalized spacial score (nSPS) is 17.7. The Morgan fingerprint density at radius 2 is 2.00 bits per heavy atom. The largest absolute Gasteiger partial charge is 0.416 e. The van der Waals surface area contributed by atoms with E-state index < -0.39 is 11.7 Å². The summed E-state index contributed by atoms with van der Waals surface area (Å²) in [6.45, 7) is 3.89. The third-order valence-electron chi connectivity index (χ3n) is 5.38. The highest BCUT2D eigenvalue weighted by molar-refractivity contribution is 5.55. The van der Waals surface area contributed by atoms with Gasteiger partial charge in [0.25, 0.3) is 0 Å². The van der Waals surface area contributed by atoms with Gasteiger partial charge >= 0.3 is 6.18 Å². The minimum absolute atomic E-state index is 0.103. The number of ether oxygens (including phenoxy) is 2. The summed E-state index contributed by atoms with van der Waals surface area (Å²) < 4.78 is 51.1. The van der Waals surface area contributed by atoms with Crippen molar-refractivity contribution in [2.75, 3.05) is 26.4 Å². The van der Waals surface area contributed by atoms with E-state index in [2.05, 4.69) is 5.73 Å². The number of benzene rings is 1. The highest BCUT2D eigenvalue weighted by atomic mass is 19.4. The van der Waals surface area contributed by atoms with Crippen LogP contribution < -0.4 is 5.73 Å². The molecule has 0 spiro atoms. The molecule has 3 nitrogen and oxygen atoms in total. The molecule has 1 aliphatic carbocycles. The lowest BCUT2D eigenvalue weighted by atomic mass is 9.91. The molecule has 0 unspecified atom stereocenters. The number of aryl methyl sites for hydroxylation is 1. The van der Waals surface area contributed by atoms with Gasteiger partial charge < -0.3 is 15.2 Å². The molecular weight excluding hydrogens is 415 g/mol. The second-order valence-electron chi connectivity index (χ2n) is 7.63. The third kappa shape index (κ3) is 6.44. The van der Waals surface area contributed by atoms with Crippen molar-refractivity contribution in [3.8, 4) is 0 Å². The summed E-state index contributed by atoms with van der Waals surface area (Å²) in [5.41, 5.74) is 12.5. The fraction of sp³-hybridized carbons (Fsp3) is 0.346. The molecule has 0 radical (unpaired) electrons. The summed E-state index contributed by atoms with van der Waals surface area (Å²) >= 11 is 0. The average molecular weight is 444 g/mol. The first kappa shape index (κ1) is 24.0. The van der Waals surface area contributed by atoms with E-state index >= 15 is 0 Å². The molecule has 0 saturated carbocycles. The Hall–Kier alpha value is -2.63. The second-order valence-corrected chi connectivity index (χ2v) is 7.63. The van der Waals surface area contributed by atoms with Gasteiger partial charge in [0.1, 0.15) is 6.10 Å². The van der Waals surface area contributed by atoms with Crippen LogP contribution in [0.2, 0.25) is 0 Å². The maximum atomic E-state index is 13.4. The van der Waals surface area contributed by atoms with Crippen molar-refractivity contribution in [1.82, 2.24) is 0 Å². The molecule has 1 saturated heterocycles. The Morgan fingerprint density at radius 3 is 2.66 bits per heavy atom.